The summed E-state index contributed by atoms with van der Waals surface area (Å²) in [5.74, 6) is 0. The maximum absolute atomic E-state index is 9.76. The fraction of sp³-hybridized carbons (Fsp3) is 0.714. The van der Waals surface area contributed by atoms with Gasteiger partial charge in [-0.2, -0.15) is 0 Å². The number of likely N-dealkylation sites (tertiary alicyclic amines) is 1. The molecule has 0 aromatic carbocycles. The Hall–Kier alpha value is -0.130. The number of ether oxygens (including phenoxy) is 1. The van der Waals surface area contributed by atoms with Gasteiger partial charge in [0.05, 0.1) is 10.9 Å². The zero-order valence-electron chi connectivity index (χ0n) is 11.4. The molecule has 2 rings (SSSR count). The van der Waals surface area contributed by atoms with E-state index in [-0.39, 0.29) is 12.0 Å². The van der Waals surface area contributed by atoms with E-state index < -0.39 is 0 Å². The first-order valence-corrected chi connectivity index (χ1v) is 7.93. The molecule has 1 aromatic rings. The van der Waals surface area contributed by atoms with Gasteiger partial charge in [0.2, 0.25) is 0 Å². The van der Waals surface area contributed by atoms with Gasteiger partial charge in [0, 0.05) is 37.1 Å². The minimum Gasteiger partial charge on any atom is -0.396 e. The lowest BCUT2D eigenvalue weighted by Gasteiger charge is -2.41. The van der Waals surface area contributed by atoms with Gasteiger partial charge in [-0.15, -0.1) is 11.3 Å². The molecule has 0 spiro atoms. The van der Waals surface area contributed by atoms with Gasteiger partial charge in [-0.1, -0.05) is 11.6 Å². The molecule has 5 heteroatoms. The molecule has 0 bridgehead atoms. The highest BCUT2D eigenvalue weighted by atomic mass is 35.5. The van der Waals surface area contributed by atoms with Gasteiger partial charge in [-0.05, 0) is 37.9 Å². The van der Waals surface area contributed by atoms with E-state index in [2.05, 4.69) is 11.0 Å². The van der Waals surface area contributed by atoms with Gasteiger partial charge >= 0.3 is 0 Å². The minimum absolute atomic E-state index is 0.00924. The third-order valence-corrected chi connectivity index (χ3v) is 5.14. The Morgan fingerprint density at radius 3 is 3.00 bits per heavy atom. The largest absolute Gasteiger partial charge is 0.396 e. The van der Waals surface area contributed by atoms with Crippen molar-refractivity contribution in [3.63, 3.8) is 0 Å². The number of halogens is 1. The van der Waals surface area contributed by atoms with Crippen LogP contribution in [0.25, 0.3) is 0 Å². The topological polar surface area (TPSA) is 32.7 Å². The molecule has 1 saturated heterocycles. The Labute approximate surface area is 124 Å². The van der Waals surface area contributed by atoms with Gasteiger partial charge in [0.15, 0.2) is 0 Å². The number of hydrogen-bond donors (Lipinski definition) is 1. The van der Waals surface area contributed by atoms with E-state index in [0.717, 1.165) is 49.8 Å². The van der Waals surface area contributed by atoms with Gasteiger partial charge in [-0.25, -0.2) is 0 Å². The van der Waals surface area contributed by atoms with Crippen molar-refractivity contribution >= 4 is 22.9 Å². The summed E-state index contributed by atoms with van der Waals surface area (Å²) in [6, 6.07) is 4.05. The molecule has 0 aliphatic carbocycles. The lowest BCUT2D eigenvalue weighted by atomic mass is 9.78. The second-order valence-corrected chi connectivity index (χ2v) is 7.22. The number of rotatable bonds is 6. The Morgan fingerprint density at radius 2 is 2.37 bits per heavy atom. The maximum atomic E-state index is 9.76. The smallest absolute Gasteiger partial charge is 0.0931 e. The van der Waals surface area contributed by atoms with Crippen molar-refractivity contribution in [1.29, 1.82) is 0 Å². The van der Waals surface area contributed by atoms with E-state index in [1.165, 1.54) is 4.88 Å². The Kier molecular flexibility index (Phi) is 5.66. The van der Waals surface area contributed by atoms with Crippen LogP contribution in [0.2, 0.25) is 4.34 Å². The summed E-state index contributed by atoms with van der Waals surface area (Å²) in [4.78, 5) is 3.72. The summed E-state index contributed by atoms with van der Waals surface area (Å²) in [7, 11) is 1.72. The molecule has 0 amide bonds. The molecule has 1 aliphatic heterocycles. The molecule has 1 fully saturated rings. The summed E-state index contributed by atoms with van der Waals surface area (Å²) < 4.78 is 6.03. The maximum Gasteiger partial charge on any atom is 0.0931 e. The third kappa shape index (κ3) is 4.17. The third-order valence-electron chi connectivity index (χ3n) is 3.92. The molecule has 0 unspecified atom stereocenters. The van der Waals surface area contributed by atoms with Crippen LogP contribution in [-0.4, -0.2) is 43.4 Å². The van der Waals surface area contributed by atoms with E-state index >= 15 is 0 Å². The van der Waals surface area contributed by atoms with E-state index in [0.29, 0.717) is 0 Å². The highest BCUT2D eigenvalue weighted by Crippen LogP contribution is 2.34. The summed E-state index contributed by atoms with van der Waals surface area (Å²) >= 11 is 7.62. The molecule has 1 aromatic heterocycles. The fourth-order valence-corrected chi connectivity index (χ4v) is 3.96. The van der Waals surface area contributed by atoms with Crippen molar-refractivity contribution < 1.29 is 9.84 Å². The predicted octanol–water partition coefficient (Wildman–Crippen LogP) is 3.01. The average Bonchev–Trinajstić information content (AvgIpc) is 2.82. The standard InChI is InChI=1S/C14H22ClNO2S/c1-18-8-6-14(11-17)5-2-7-16(10-14)9-12-3-4-13(15)19-12/h3-4,17H,2,5-11H2,1H3/t14-/m0/s1. The lowest BCUT2D eigenvalue weighted by Crippen LogP contribution is -2.45. The van der Waals surface area contributed by atoms with Crippen LogP contribution in [-0.2, 0) is 11.3 Å². The number of nitrogens with zero attached hydrogens (tertiary/aromatic N) is 1. The van der Waals surface area contributed by atoms with E-state index in [1.54, 1.807) is 18.4 Å². The van der Waals surface area contributed by atoms with Gasteiger partial charge in [-0.3, -0.25) is 4.90 Å². The highest BCUT2D eigenvalue weighted by Gasteiger charge is 2.34. The SMILES string of the molecule is COCC[C@@]1(CO)CCCN(Cc2ccc(Cl)s2)C1. The van der Waals surface area contributed by atoms with Crippen LogP contribution in [0.3, 0.4) is 0 Å². The first kappa shape index (κ1) is 15.3. The van der Waals surface area contributed by atoms with Crippen molar-refractivity contribution in [2.45, 2.75) is 25.8 Å². The number of piperidine rings is 1. The predicted molar refractivity (Wildman–Crippen MR) is 79.9 cm³/mol. The molecule has 3 nitrogen and oxygen atoms in total. The van der Waals surface area contributed by atoms with Crippen LogP contribution in [0.1, 0.15) is 24.1 Å². The van der Waals surface area contributed by atoms with E-state index in [9.17, 15) is 5.11 Å². The zero-order valence-corrected chi connectivity index (χ0v) is 13.0. The average molecular weight is 304 g/mol. The molecule has 0 saturated carbocycles. The quantitative estimate of drug-likeness (QED) is 0.877. The number of hydrogen-bond acceptors (Lipinski definition) is 4. The molecule has 2 heterocycles. The molecular weight excluding hydrogens is 282 g/mol. The second kappa shape index (κ2) is 7.04. The molecule has 1 N–H and O–H groups in total. The summed E-state index contributed by atoms with van der Waals surface area (Å²) in [5.41, 5.74) is 0.00924. The minimum atomic E-state index is 0.00924. The second-order valence-electron chi connectivity index (χ2n) is 5.42. The van der Waals surface area contributed by atoms with E-state index in [1.807, 2.05) is 6.07 Å². The van der Waals surface area contributed by atoms with Crippen LogP contribution in [0.4, 0.5) is 0 Å². The number of aliphatic hydroxyl groups excluding tert-OH is 1. The van der Waals surface area contributed by atoms with Crippen molar-refractivity contribution in [2.24, 2.45) is 5.41 Å². The molecule has 1 aliphatic rings. The Balaban J connectivity index is 1.95. The Bertz CT molecular complexity index is 399. The highest BCUT2D eigenvalue weighted by molar-refractivity contribution is 7.16. The van der Waals surface area contributed by atoms with Crippen molar-refractivity contribution in [3.05, 3.63) is 21.3 Å². The first-order chi connectivity index (χ1) is 9.17. The summed E-state index contributed by atoms with van der Waals surface area (Å²) in [6.07, 6.45) is 3.17. The molecule has 1 atom stereocenters. The number of aliphatic hydroxyl groups is 1. The lowest BCUT2D eigenvalue weighted by molar-refractivity contribution is 0.00508. The van der Waals surface area contributed by atoms with Crippen LogP contribution in [0.5, 0.6) is 0 Å². The summed E-state index contributed by atoms with van der Waals surface area (Å²) in [6.45, 7) is 3.95. The zero-order chi connectivity index (χ0) is 13.7. The van der Waals surface area contributed by atoms with Crippen LogP contribution in [0, 0.1) is 5.41 Å². The van der Waals surface area contributed by atoms with Crippen LogP contribution >= 0.6 is 22.9 Å². The number of methoxy groups -OCH3 is 1. The van der Waals surface area contributed by atoms with Gasteiger partial charge in [0.25, 0.3) is 0 Å². The van der Waals surface area contributed by atoms with E-state index in [4.69, 9.17) is 16.3 Å². The molecule has 19 heavy (non-hydrogen) atoms. The van der Waals surface area contributed by atoms with Gasteiger partial charge < -0.3 is 9.84 Å². The summed E-state index contributed by atoms with van der Waals surface area (Å²) in [5, 5.41) is 9.76. The molecular formula is C14H22ClNO2S. The molecule has 108 valence electrons. The van der Waals surface area contributed by atoms with Crippen molar-refractivity contribution in [1.82, 2.24) is 4.90 Å². The molecule has 0 radical (unpaired) electrons. The van der Waals surface area contributed by atoms with Gasteiger partial charge in [0.1, 0.15) is 0 Å². The first-order valence-electron chi connectivity index (χ1n) is 6.74. The monoisotopic (exact) mass is 303 g/mol. The number of thiophene rings is 1. The van der Waals surface area contributed by atoms with Crippen molar-refractivity contribution in [2.75, 3.05) is 33.4 Å². The van der Waals surface area contributed by atoms with Crippen LogP contribution in [0.15, 0.2) is 12.1 Å². The van der Waals surface area contributed by atoms with Crippen molar-refractivity contribution in [3.8, 4) is 0 Å². The fourth-order valence-electron chi connectivity index (χ4n) is 2.83. The Morgan fingerprint density at radius 1 is 1.53 bits per heavy atom. The normalized spacial score (nSPS) is 24.8. The van der Waals surface area contributed by atoms with Crippen LogP contribution < -0.4 is 0 Å².